The van der Waals surface area contributed by atoms with Crippen LogP contribution in [0.2, 0.25) is 0 Å². The molecule has 0 amide bonds. The van der Waals surface area contributed by atoms with Crippen LogP contribution >= 0.6 is 0 Å². The molecule has 1 unspecified atom stereocenters. The lowest BCUT2D eigenvalue weighted by molar-refractivity contribution is 0.700. The first-order valence-electron chi connectivity index (χ1n) is 5.46. The van der Waals surface area contributed by atoms with Gasteiger partial charge < -0.3 is 5.73 Å². The van der Waals surface area contributed by atoms with E-state index in [0.29, 0.717) is 0 Å². The molecule has 1 aromatic carbocycles. The molecule has 1 heterocycles. The molecule has 0 aliphatic heterocycles. The van der Waals surface area contributed by atoms with Gasteiger partial charge in [0.15, 0.2) is 0 Å². The van der Waals surface area contributed by atoms with E-state index in [1.807, 2.05) is 43.0 Å². The van der Waals surface area contributed by atoms with E-state index in [2.05, 4.69) is 17.2 Å². The number of rotatable bonds is 3. The summed E-state index contributed by atoms with van der Waals surface area (Å²) in [7, 11) is 1.94. The van der Waals surface area contributed by atoms with Crippen molar-refractivity contribution in [2.75, 3.05) is 0 Å². The molecule has 0 saturated heterocycles. The average molecular weight is 215 g/mol. The molecule has 2 N–H and O–H groups in total. The number of benzene rings is 1. The van der Waals surface area contributed by atoms with Crippen LogP contribution in [0, 0.1) is 6.92 Å². The van der Waals surface area contributed by atoms with Crippen molar-refractivity contribution in [1.82, 2.24) is 9.78 Å². The van der Waals surface area contributed by atoms with Crippen LogP contribution in [-0.2, 0) is 13.5 Å². The number of nitrogens with two attached hydrogens (primary N) is 1. The van der Waals surface area contributed by atoms with Crippen LogP contribution in [0.4, 0.5) is 0 Å². The minimum Gasteiger partial charge on any atom is -0.324 e. The third-order valence-corrected chi connectivity index (χ3v) is 2.97. The number of nitrogens with zero attached hydrogens (tertiary/aromatic N) is 2. The molecule has 0 aliphatic carbocycles. The van der Waals surface area contributed by atoms with Crippen molar-refractivity contribution in [3.63, 3.8) is 0 Å². The van der Waals surface area contributed by atoms with E-state index >= 15 is 0 Å². The van der Waals surface area contributed by atoms with Gasteiger partial charge in [0.05, 0.1) is 6.20 Å². The van der Waals surface area contributed by atoms with Gasteiger partial charge in [0.25, 0.3) is 0 Å². The van der Waals surface area contributed by atoms with Crippen LogP contribution in [0.5, 0.6) is 0 Å². The maximum atomic E-state index is 6.19. The summed E-state index contributed by atoms with van der Waals surface area (Å²) in [5, 5.41) is 4.22. The van der Waals surface area contributed by atoms with E-state index in [-0.39, 0.29) is 6.04 Å². The Morgan fingerprint density at radius 1 is 1.31 bits per heavy atom. The molecule has 84 valence electrons. The standard InChI is InChI=1S/C13H17N3/c1-10-12(9-15-16(10)2)13(14)8-11-6-4-3-5-7-11/h3-7,9,13H,8,14H2,1-2H3. The third-order valence-electron chi connectivity index (χ3n) is 2.97. The molecule has 2 rings (SSSR count). The minimum absolute atomic E-state index is 0.0242. The van der Waals surface area contributed by atoms with Crippen LogP contribution in [-0.4, -0.2) is 9.78 Å². The predicted octanol–water partition coefficient (Wildman–Crippen LogP) is 1.97. The van der Waals surface area contributed by atoms with Gasteiger partial charge in [-0.3, -0.25) is 4.68 Å². The summed E-state index contributed by atoms with van der Waals surface area (Å²) < 4.78 is 1.86. The quantitative estimate of drug-likeness (QED) is 0.850. The summed E-state index contributed by atoms with van der Waals surface area (Å²) in [5.74, 6) is 0. The maximum absolute atomic E-state index is 6.19. The molecule has 0 spiro atoms. The SMILES string of the molecule is Cc1c(C(N)Cc2ccccc2)cnn1C. The summed E-state index contributed by atoms with van der Waals surface area (Å²) in [4.78, 5) is 0. The monoisotopic (exact) mass is 215 g/mol. The Morgan fingerprint density at radius 3 is 2.56 bits per heavy atom. The molecular formula is C13H17N3. The molecular weight excluding hydrogens is 198 g/mol. The van der Waals surface area contributed by atoms with E-state index in [4.69, 9.17) is 5.73 Å². The summed E-state index contributed by atoms with van der Waals surface area (Å²) in [6.45, 7) is 2.05. The molecule has 0 saturated carbocycles. The van der Waals surface area contributed by atoms with Gasteiger partial charge >= 0.3 is 0 Å². The molecule has 1 atom stereocenters. The molecule has 16 heavy (non-hydrogen) atoms. The van der Waals surface area contributed by atoms with Gasteiger partial charge in [-0.2, -0.15) is 5.10 Å². The topological polar surface area (TPSA) is 43.8 Å². The summed E-state index contributed by atoms with van der Waals surface area (Å²) in [5.41, 5.74) is 9.72. The van der Waals surface area contributed by atoms with Gasteiger partial charge in [-0.1, -0.05) is 30.3 Å². The van der Waals surface area contributed by atoms with Crippen molar-refractivity contribution < 1.29 is 0 Å². The van der Waals surface area contributed by atoms with E-state index in [9.17, 15) is 0 Å². The highest BCUT2D eigenvalue weighted by atomic mass is 15.3. The van der Waals surface area contributed by atoms with Crippen LogP contribution in [0.25, 0.3) is 0 Å². The molecule has 3 heteroatoms. The van der Waals surface area contributed by atoms with Crippen LogP contribution in [0.1, 0.15) is 22.9 Å². The second kappa shape index (κ2) is 4.49. The average Bonchev–Trinajstić information content (AvgIpc) is 2.61. The van der Waals surface area contributed by atoms with Gasteiger partial charge in [-0.15, -0.1) is 0 Å². The highest BCUT2D eigenvalue weighted by molar-refractivity contribution is 5.24. The summed E-state index contributed by atoms with van der Waals surface area (Å²) >= 11 is 0. The Kier molecular flexibility index (Phi) is 3.06. The van der Waals surface area contributed by atoms with Gasteiger partial charge in [0.2, 0.25) is 0 Å². The number of hydrogen-bond acceptors (Lipinski definition) is 2. The molecule has 0 radical (unpaired) electrons. The van der Waals surface area contributed by atoms with Gasteiger partial charge in [0, 0.05) is 24.3 Å². The minimum atomic E-state index is 0.0242. The lowest BCUT2D eigenvalue weighted by atomic mass is 10.0. The largest absolute Gasteiger partial charge is 0.324 e. The zero-order chi connectivity index (χ0) is 11.5. The summed E-state index contributed by atoms with van der Waals surface area (Å²) in [6, 6.07) is 10.3. The first-order chi connectivity index (χ1) is 7.68. The fourth-order valence-corrected chi connectivity index (χ4v) is 1.86. The lowest BCUT2D eigenvalue weighted by Gasteiger charge is -2.11. The molecule has 1 aromatic heterocycles. The second-order valence-corrected chi connectivity index (χ2v) is 4.11. The Hall–Kier alpha value is -1.61. The number of hydrogen-bond donors (Lipinski definition) is 1. The van der Waals surface area contributed by atoms with Crippen molar-refractivity contribution in [3.8, 4) is 0 Å². The molecule has 0 fully saturated rings. The van der Waals surface area contributed by atoms with Crippen molar-refractivity contribution in [2.45, 2.75) is 19.4 Å². The fourth-order valence-electron chi connectivity index (χ4n) is 1.86. The Bertz CT molecular complexity index is 459. The Balaban J connectivity index is 2.15. The first kappa shape index (κ1) is 10.9. The van der Waals surface area contributed by atoms with E-state index in [1.165, 1.54) is 5.56 Å². The van der Waals surface area contributed by atoms with Crippen molar-refractivity contribution in [2.24, 2.45) is 12.8 Å². The van der Waals surface area contributed by atoms with Gasteiger partial charge in [0.1, 0.15) is 0 Å². The second-order valence-electron chi connectivity index (χ2n) is 4.11. The number of aryl methyl sites for hydroxylation is 1. The zero-order valence-electron chi connectivity index (χ0n) is 9.72. The van der Waals surface area contributed by atoms with Crippen LogP contribution < -0.4 is 5.73 Å². The highest BCUT2D eigenvalue weighted by Gasteiger charge is 2.12. The van der Waals surface area contributed by atoms with Crippen molar-refractivity contribution >= 4 is 0 Å². The van der Waals surface area contributed by atoms with E-state index in [1.54, 1.807) is 0 Å². The van der Waals surface area contributed by atoms with Crippen molar-refractivity contribution in [1.29, 1.82) is 0 Å². The normalized spacial score (nSPS) is 12.7. The van der Waals surface area contributed by atoms with Gasteiger partial charge in [-0.05, 0) is 18.9 Å². The molecule has 3 nitrogen and oxygen atoms in total. The smallest absolute Gasteiger partial charge is 0.0540 e. The van der Waals surface area contributed by atoms with E-state index < -0.39 is 0 Å². The molecule has 0 bridgehead atoms. The van der Waals surface area contributed by atoms with Gasteiger partial charge in [-0.25, -0.2) is 0 Å². The molecule has 2 aromatic rings. The maximum Gasteiger partial charge on any atom is 0.0540 e. The first-order valence-corrected chi connectivity index (χ1v) is 5.46. The summed E-state index contributed by atoms with van der Waals surface area (Å²) in [6.07, 6.45) is 2.72. The zero-order valence-corrected chi connectivity index (χ0v) is 9.72. The van der Waals surface area contributed by atoms with Crippen LogP contribution in [0.3, 0.4) is 0 Å². The van der Waals surface area contributed by atoms with Crippen LogP contribution in [0.15, 0.2) is 36.5 Å². The fraction of sp³-hybridized carbons (Fsp3) is 0.308. The molecule has 0 aliphatic rings. The van der Waals surface area contributed by atoms with Crippen molar-refractivity contribution in [3.05, 3.63) is 53.3 Å². The third kappa shape index (κ3) is 2.14. The van der Waals surface area contributed by atoms with E-state index in [0.717, 1.165) is 17.7 Å². The Labute approximate surface area is 95.9 Å². The highest BCUT2D eigenvalue weighted by Crippen LogP contribution is 2.18. The number of aromatic nitrogens is 2. The lowest BCUT2D eigenvalue weighted by Crippen LogP contribution is -2.14. The Morgan fingerprint density at radius 2 is 2.00 bits per heavy atom. The predicted molar refractivity (Wildman–Crippen MR) is 65.0 cm³/mol.